The van der Waals surface area contributed by atoms with E-state index in [4.69, 9.17) is 4.74 Å². The fourth-order valence-electron chi connectivity index (χ4n) is 2.79. The van der Waals surface area contributed by atoms with E-state index >= 15 is 0 Å². The van der Waals surface area contributed by atoms with Crippen LogP contribution in [0.4, 0.5) is 9.18 Å². The van der Waals surface area contributed by atoms with Crippen molar-refractivity contribution >= 4 is 16.1 Å². The molecule has 0 aliphatic carbocycles. The zero-order chi connectivity index (χ0) is 19.0. The van der Waals surface area contributed by atoms with Crippen molar-refractivity contribution in [2.45, 2.75) is 57.2 Å². The first-order valence-corrected chi connectivity index (χ1v) is 9.64. The molecule has 1 aromatic carbocycles. The second kappa shape index (κ2) is 6.92. The van der Waals surface area contributed by atoms with Crippen LogP contribution in [0.25, 0.3) is 0 Å². The highest BCUT2D eigenvalue weighted by Gasteiger charge is 2.41. The van der Waals surface area contributed by atoms with Crippen LogP contribution in [0.3, 0.4) is 0 Å². The van der Waals surface area contributed by atoms with E-state index in [0.717, 1.165) is 6.07 Å². The second-order valence-corrected chi connectivity index (χ2v) is 9.12. The lowest BCUT2D eigenvalue weighted by Crippen LogP contribution is -2.60. The van der Waals surface area contributed by atoms with E-state index < -0.39 is 33.6 Å². The number of rotatable bonds is 2. The lowest BCUT2D eigenvalue weighted by molar-refractivity contribution is 0.000106. The summed E-state index contributed by atoms with van der Waals surface area (Å²) in [5, 5.41) is 0. The van der Waals surface area contributed by atoms with E-state index in [0.29, 0.717) is 0 Å². The molecule has 140 valence electrons. The molecule has 1 heterocycles. The van der Waals surface area contributed by atoms with Gasteiger partial charge in [0.15, 0.2) is 0 Å². The monoisotopic (exact) mass is 372 g/mol. The van der Waals surface area contributed by atoms with Crippen molar-refractivity contribution in [1.29, 1.82) is 0 Å². The number of benzene rings is 1. The molecule has 0 aromatic heterocycles. The number of halogens is 1. The molecule has 6 nitrogen and oxygen atoms in total. The molecule has 2 atom stereocenters. The molecule has 0 unspecified atom stereocenters. The maximum Gasteiger partial charge on any atom is 0.410 e. The molecule has 1 aliphatic rings. The summed E-state index contributed by atoms with van der Waals surface area (Å²) in [6.45, 7) is 9.20. The number of amides is 1. The Kier molecular flexibility index (Phi) is 5.44. The van der Waals surface area contributed by atoms with Gasteiger partial charge in [-0.3, -0.25) is 0 Å². The van der Waals surface area contributed by atoms with Gasteiger partial charge in [0.1, 0.15) is 11.4 Å². The van der Waals surface area contributed by atoms with Crippen LogP contribution in [0.15, 0.2) is 29.2 Å². The zero-order valence-electron chi connectivity index (χ0n) is 15.2. The first-order valence-electron chi connectivity index (χ1n) is 8.20. The van der Waals surface area contributed by atoms with Crippen molar-refractivity contribution in [1.82, 2.24) is 9.21 Å². The lowest BCUT2D eigenvalue weighted by atomic mass is 10.1. The van der Waals surface area contributed by atoms with Crippen molar-refractivity contribution in [3.8, 4) is 0 Å². The summed E-state index contributed by atoms with van der Waals surface area (Å²) in [5.74, 6) is -0.603. The van der Waals surface area contributed by atoms with Gasteiger partial charge in [-0.1, -0.05) is 6.07 Å². The molecule has 0 N–H and O–H groups in total. The van der Waals surface area contributed by atoms with Gasteiger partial charge in [0.2, 0.25) is 10.0 Å². The van der Waals surface area contributed by atoms with E-state index in [-0.39, 0.29) is 24.0 Å². The third-order valence-electron chi connectivity index (χ3n) is 4.24. The Bertz CT molecular complexity index is 745. The Morgan fingerprint density at radius 3 is 2.40 bits per heavy atom. The number of nitrogens with zero attached hydrogens (tertiary/aromatic N) is 2. The van der Waals surface area contributed by atoms with Gasteiger partial charge in [0.05, 0.1) is 4.90 Å². The van der Waals surface area contributed by atoms with E-state index in [9.17, 15) is 17.6 Å². The number of sulfonamides is 1. The highest BCUT2D eigenvalue weighted by molar-refractivity contribution is 7.89. The summed E-state index contributed by atoms with van der Waals surface area (Å²) in [6, 6.07) is 4.11. The Labute approximate surface area is 148 Å². The molecular formula is C17H25FN2O4S. The van der Waals surface area contributed by atoms with E-state index in [2.05, 4.69) is 0 Å². The van der Waals surface area contributed by atoms with Crippen molar-refractivity contribution < 1.29 is 22.3 Å². The fourth-order valence-corrected chi connectivity index (χ4v) is 4.51. The van der Waals surface area contributed by atoms with Crippen LogP contribution in [-0.2, 0) is 14.8 Å². The molecule has 0 saturated carbocycles. The number of hydrogen-bond donors (Lipinski definition) is 0. The summed E-state index contributed by atoms with van der Waals surface area (Å²) < 4.78 is 45.8. The SMILES string of the molecule is C[C@@H]1[C@@H](C)N(S(=O)(=O)c2cccc(F)c2)CCN1C(=O)OC(C)(C)C. The molecule has 1 aliphatic heterocycles. The van der Waals surface area contributed by atoms with Crippen molar-refractivity contribution in [2.24, 2.45) is 0 Å². The van der Waals surface area contributed by atoms with Gasteiger partial charge in [-0.05, 0) is 52.8 Å². The molecule has 0 spiro atoms. The summed E-state index contributed by atoms with van der Waals surface area (Å²) in [6.07, 6.45) is -0.463. The van der Waals surface area contributed by atoms with Crippen LogP contribution in [0.1, 0.15) is 34.6 Å². The molecule has 0 bridgehead atoms. The predicted molar refractivity (Wildman–Crippen MR) is 92.2 cm³/mol. The van der Waals surface area contributed by atoms with E-state index in [1.165, 1.54) is 27.4 Å². The largest absolute Gasteiger partial charge is 0.444 e. The third kappa shape index (κ3) is 4.30. The number of piperazine rings is 1. The first kappa shape index (κ1) is 19.7. The number of carbonyl (C=O) groups is 1. The van der Waals surface area contributed by atoms with Crippen molar-refractivity contribution in [3.63, 3.8) is 0 Å². The molecule has 1 fully saturated rings. The smallest absolute Gasteiger partial charge is 0.410 e. The zero-order valence-corrected chi connectivity index (χ0v) is 16.0. The average Bonchev–Trinajstić information content (AvgIpc) is 2.47. The molecule has 1 saturated heterocycles. The van der Waals surface area contributed by atoms with Gasteiger partial charge in [-0.2, -0.15) is 4.31 Å². The van der Waals surface area contributed by atoms with Gasteiger partial charge < -0.3 is 9.64 Å². The molecule has 25 heavy (non-hydrogen) atoms. The summed E-state index contributed by atoms with van der Waals surface area (Å²) in [4.78, 5) is 13.8. The van der Waals surface area contributed by atoms with E-state index in [1.807, 2.05) is 0 Å². The minimum absolute atomic E-state index is 0.0859. The minimum atomic E-state index is -3.84. The number of carbonyl (C=O) groups excluding carboxylic acids is 1. The summed E-state index contributed by atoms with van der Waals surface area (Å²) in [7, 11) is -3.84. The molecule has 8 heteroatoms. The predicted octanol–water partition coefficient (Wildman–Crippen LogP) is 2.84. The van der Waals surface area contributed by atoms with Crippen molar-refractivity contribution in [2.75, 3.05) is 13.1 Å². The Balaban J connectivity index is 2.21. The topological polar surface area (TPSA) is 66.9 Å². The Morgan fingerprint density at radius 2 is 1.84 bits per heavy atom. The third-order valence-corrected chi connectivity index (χ3v) is 6.22. The lowest BCUT2D eigenvalue weighted by Gasteiger charge is -2.44. The van der Waals surface area contributed by atoms with Crippen LogP contribution in [0.5, 0.6) is 0 Å². The quantitative estimate of drug-likeness (QED) is 0.801. The van der Waals surface area contributed by atoms with Crippen LogP contribution < -0.4 is 0 Å². The van der Waals surface area contributed by atoms with Crippen LogP contribution >= 0.6 is 0 Å². The summed E-state index contributed by atoms with van der Waals surface area (Å²) in [5.41, 5.74) is -0.620. The van der Waals surface area contributed by atoms with Crippen molar-refractivity contribution in [3.05, 3.63) is 30.1 Å². The molecule has 0 radical (unpaired) electrons. The summed E-state index contributed by atoms with van der Waals surface area (Å²) >= 11 is 0. The van der Waals surface area contributed by atoms with Gasteiger partial charge in [-0.15, -0.1) is 0 Å². The Morgan fingerprint density at radius 1 is 1.20 bits per heavy atom. The fraction of sp³-hybridized carbons (Fsp3) is 0.588. The number of hydrogen-bond acceptors (Lipinski definition) is 4. The van der Waals surface area contributed by atoms with Gasteiger partial charge in [0, 0.05) is 25.2 Å². The molecule has 1 amide bonds. The normalized spacial score (nSPS) is 22.7. The van der Waals surface area contributed by atoms with Crippen LogP contribution in [-0.4, -0.2) is 54.5 Å². The maximum absolute atomic E-state index is 13.4. The highest BCUT2D eigenvalue weighted by atomic mass is 32.2. The molecular weight excluding hydrogens is 347 g/mol. The standard InChI is InChI=1S/C17H25FN2O4S/c1-12-13(2)20(10-9-19(12)16(21)24-17(3,4)5)25(22,23)15-8-6-7-14(18)11-15/h6-8,11-13H,9-10H2,1-5H3/t12-,13-/m1/s1. The first-order chi connectivity index (χ1) is 11.4. The minimum Gasteiger partial charge on any atom is -0.444 e. The second-order valence-electron chi connectivity index (χ2n) is 7.23. The highest BCUT2D eigenvalue weighted by Crippen LogP contribution is 2.26. The molecule has 2 rings (SSSR count). The van der Waals surface area contributed by atoms with Crippen LogP contribution in [0.2, 0.25) is 0 Å². The average molecular weight is 372 g/mol. The number of ether oxygens (including phenoxy) is 1. The van der Waals surface area contributed by atoms with Crippen LogP contribution in [0, 0.1) is 5.82 Å². The van der Waals surface area contributed by atoms with E-state index in [1.54, 1.807) is 34.6 Å². The van der Waals surface area contributed by atoms with Gasteiger partial charge in [0.25, 0.3) is 0 Å². The van der Waals surface area contributed by atoms with Gasteiger partial charge >= 0.3 is 6.09 Å². The maximum atomic E-state index is 13.4. The van der Waals surface area contributed by atoms with Gasteiger partial charge in [-0.25, -0.2) is 17.6 Å². The molecule has 1 aromatic rings. The Hall–Kier alpha value is -1.67.